The van der Waals surface area contributed by atoms with Crippen molar-refractivity contribution in [3.8, 4) is 0 Å². The Morgan fingerprint density at radius 3 is 2.53 bits per heavy atom. The maximum Gasteiger partial charge on any atom is 0.144 e. The van der Waals surface area contributed by atoms with Crippen LogP contribution < -0.4 is 5.73 Å². The van der Waals surface area contributed by atoms with Crippen LogP contribution in [0, 0.1) is 11.6 Å². The highest BCUT2D eigenvalue weighted by Gasteiger charge is 2.17. The molecule has 0 aliphatic rings. The highest BCUT2D eigenvalue weighted by atomic mass is 32.2. The van der Waals surface area contributed by atoms with Gasteiger partial charge in [-0.15, -0.1) is 0 Å². The van der Waals surface area contributed by atoms with Crippen molar-refractivity contribution in [3.63, 3.8) is 0 Å². The monoisotopic (exact) mass is 285 g/mol. The van der Waals surface area contributed by atoms with Crippen LogP contribution in [-0.4, -0.2) is 19.7 Å². The van der Waals surface area contributed by atoms with Gasteiger partial charge in [-0.3, -0.25) is 8.89 Å². The van der Waals surface area contributed by atoms with E-state index in [4.69, 9.17) is 5.73 Å². The zero-order valence-corrected chi connectivity index (χ0v) is 11.1. The molecule has 0 bridgehead atoms. The van der Waals surface area contributed by atoms with Crippen molar-refractivity contribution < 1.29 is 13.0 Å². The summed E-state index contributed by atoms with van der Waals surface area (Å²) in [5.41, 5.74) is 6.13. The Morgan fingerprint density at radius 1 is 1.37 bits per heavy atom. The van der Waals surface area contributed by atoms with Gasteiger partial charge < -0.3 is 5.73 Å². The summed E-state index contributed by atoms with van der Waals surface area (Å²) in [5.74, 6) is -1.63. The van der Waals surface area contributed by atoms with E-state index in [1.54, 1.807) is 24.0 Å². The molecule has 0 radical (unpaired) electrons. The first-order valence-electron chi connectivity index (χ1n) is 5.59. The summed E-state index contributed by atoms with van der Waals surface area (Å²) in [4.78, 5) is -0.420. The predicted molar refractivity (Wildman–Crippen MR) is 69.0 cm³/mol. The third-order valence-corrected chi connectivity index (χ3v) is 4.13. The van der Waals surface area contributed by atoms with E-state index >= 15 is 0 Å². The molecule has 1 heterocycles. The summed E-state index contributed by atoms with van der Waals surface area (Å²) in [7, 11) is -0.00177. The molecular formula is C12H13F2N3OS. The van der Waals surface area contributed by atoms with E-state index in [-0.39, 0.29) is 11.4 Å². The zero-order chi connectivity index (χ0) is 14.0. The van der Waals surface area contributed by atoms with Crippen molar-refractivity contribution >= 4 is 16.5 Å². The van der Waals surface area contributed by atoms with Crippen LogP contribution in [0.3, 0.4) is 0 Å². The van der Waals surface area contributed by atoms with E-state index in [0.717, 1.165) is 17.8 Å². The summed E-state index contributed by atoms with van der Waals surface area (Å²) < 4.78 is 40.7. The second kappa shape index (κ2) is 5.48. The van der Waals surface area contributed by atoms with Crippen molar-refractivity contribution in [2.75, 3.05) is 11.5 Å². The average Bonchev–Trinajstić information content (AvgIpc) is 2.70. The second-order valence-electron chi connectivity index (χ2n) is 4.06. The van der Waals surface area contributed by atoms with Crippen LogP contribution in [0.15, 0.2) is 29.3 Å². The van der Waals surface area contributed by atoms with Gasteiger partial charge in [0, 0.05) is 36.8 Å². The van der Waals surface area contributed by atoms with Gasteiger partial charge in [0.2, 0.25) is 0 Å². The number of anilines is 1. The number of nitrogens with two attached hydrogens (primary N) is 1. The molecule has 2 N–H and O–H groups in total. The van der Waals surface area contributed by atoms with Crippen molar-refractivity contribution in [2.45, 2.75) is 11.3 Å². The molecule has 2 rings (SSSR count). The van der Waals surface area contributed by atoms with Gasteiger partial charge in [-0.2, -0.15) is 5.10 Å². The molecule has 2 aromatic rings. The summed E-state index contributed by atoms with van der Waals surface area (Å²) in [6.07, 6.45) is 2.04. The Labute approximate surface area is 111 Å². The molecule has 4 nitrogen and oxygen atoms in total. The average molecular weight is 285 g/mol. The molecule has 1 unspecified atom stereocenters. The zero-order valence-electron chi connectivity index (χ0n) is 10.3. The van der Waals surface area contributed by atoms with E-state index in [0.29, 0.717) is 6.42 Å². The van der Waals surface area contributed by atoms with Crippen LogP contribution in [0.1, 0.15) is 5.69 Å². The number of nitrogen functional groups attached to an aromatic ring is 1. The standard InChI is InChI=1S/C12H13F2N3OS/c1-17-9(2-4-16-17)3-5-19(18)12-10(13)6-8(15)7-11(12)14/h2,4,6-7H,3,5,15H2,1H3. The minimum atomic E-state index is -1.75. The lowest BCUT2D eigenvalue weighted by Crippen LogP contribution is -2.09. The van der Waals surface area contributed by atoms with Gasteiger partial charge in [-0.1, -0.05) is 0 Å². The number of hydrogen-bond acceptors (Lipinski definition) is 3. The van der Waals surface area contributed by atoms with Gasteiger partial charge in [-0.05, 0) is 18.2 Å². The largest absolute Gasteiger partial charge is 0.399 e. The van der Waals surface area contributed by atoms with Gasteiger partial charge in [0.1, 0.15) is 16.5 Å². The van der Waals surface area contributed by atoms with Gasteiger partial charge in [0.05, 0.1) is 10.8 Å². The summed E-state index contributed by atoms with van der Waals surface area (Å²) in [5, 5.41) is 3.97. The third-order valence-electron chi connectivity index (χ3n) is 2.71. The van der Waals surface area contributed by atoms with Crippen LogP contribution in [-0.2, 0) is 24.3 Å². The molecule has 0 saturated heterocycles. The van der Waals surface area contributed by atoms with Crippen LogP contribution in [0.2, 0.25) is 0 Å². The lowest BCUT2D eigenvalue weighted by molar-refractivity contribution is 0.535. The Bertz CT molecular complexity index is 604. The van der Waals surface area contributed by atoms with Gasteiger partial charge in [0.25, 0.3) is 0 Å². The lowest BCUT2D eigenvalue weighted by Gasteiger charge is -2.06. The van der Waals surface area contributed by atoms with Crippen molar-refractivity contribution in [1.29, 1.82) is 0 Å². The minimum Gasteiger partial charge on any atom is -0.399 e. The normalized spacial score (nSPS) is 12.6. The molecule has 1 atom stereocenters. The van der Waals surface area contributed by atoms with Crippen molar-refractivity contribution in [2.24, 2.45) is 7.05 Å². The topological polar surface area (TPSA) is 60.9 Å². The molecule has 0 amide bonds. The molecule has 0 fully saturated rings. The first-order valence-corrected chi connectivity index (χ1v) is 6.90. The fraction of sp³-hybridized carbons (Fsp3) is 0.250. The number of nitrogens with zero attached hydrogens (tertiary/aromatic N) is 2. The van der Waals surface area contributed by atoms with E-state index < -0.39 is 27.3 Å². The van der Waals surface area contributed by atoms with Crippen LogP contribution >= 0.6 is 0 Å². The smallest absolute Gasteiger partial charge is 0.144 e. The van der Waals surface area contributed by atoms with Crippen molar-refractivity contribution in [1.82, 2.24) is 9.78 Å². The summed E-state index contributed by atoms with van der Waals surface area (Å²) in [6, 6.07) is 3.72. The fourth-order valence-corrected chi connectivity index (χ4v) is 2.89. The second-order valence-corrected chi connectivity index (χ2v) is 5.57. The van der Waals surface area contributed by atoms with Gasteiger partial charge in [-0.25, -0.2) is 8.78 Å². The first kappa shape index (κ1) is 13.7. The molecule has 0 aliphatic heterocycles. The summed E-state index contributed by atoms with van der Waals surface area (Å²) >= 11 is 0. The van der Waals surface area contributed by atoms with Crippen LogP contribution in [0.5, 0.6) is 0 Å². The molecular weight excluding hydrogens is 272 g/mol. The van der Waals surface area contributed by atoms with E-state index in [2.05, 4.69) is 5.10 Å². The molecule has 1 aromatic heterocycles. The molecule has 0 saturated carbocycles. The number of aryl methyl sites for hydroxylation is 2. The lowest BCUT2D eigenvalue weighted by atomic mass is 10.3. The molecule has 19 heavy (non-hydrogen) atoms. The van der Waals surface area contributed by atoms with Crippen molar-refractivity contribution in [3.05, 3.63) is 41.7 Å². The molecule has 0 spiro atoms. The van der Waals surface area contributed by atoms with E-state index in [9.17, 15) is 13.0 Å². The maximum absolute atomic E-state index is 13.6. The highest BCUT2D eigenvalue weighted by Crippen LogP contribution is 2.21. The van der Waals surface area contributed by atoms with Crippen LogP contribution in [0.4, 0.5) is 14.5 Å². The highest BCUT2D eigenvalue weighted by molar-refractivity contribution is 7.85. The third kappa shape index (κ3) is 2.98. The fourth-order valence-electron chi connectivity index (χ4n) is 1.74. The predicted octanol–water partition coefficient (Wildman–Crippen LogP) is 1.63. The van der Waals surface area contributed by atoms with Gasteiger partial charge in [0.15, 0.2) is 0 Å². The number of hydrogen-bond donors (Lipinski definition) is 1. The van der Waals surface area contributed by atoms with Crippen LogP contribution in [0.25, 0.3) is 0 Å². The Kier molecular flexibility index (Phi) is 3.94. The SMILES string of the molecule is Cn1nccc1CCS(=O)c1c(F)cc(N)cc1F. The Hall–Kier alpha value is -1.76. The Balaban J connectivity index is 2.15. The van der Waals surface area contributed by atoms with Gasteiger partial charge >= 0.3 is 0 Å². The van der Waals surface area contributed by atoms with E-state index in [1.165, 1.54) is 0 Å². The molecule has 7 heteroatoms. The Morgan fingerprint density at radius 2 is 2.00 bits per heavy atom. The molecule has 0 aliphatic carbocycles. The maximum atomic E-state index is 13.6. The minimum absolute atomic E-state index is 0.0256. The number of benzene rings is 1. The number of rotatable bonds is 4. The number of halogens is 2. The molecule has 1 aromatic carbocycles. The number of aromatic nitrogens is 2. The quantitative estimate of drug-likeness (QED) is 0.869. The van der Waals surface area contributed by atoms with E-state index in [1.807, 2.05) is 0 Å². The molecule has 102 valence electrons. The first-order chi connectivity index (χ1) is 8.99. The summed E-state index contributed by atoms with van der Waals surface area (Å²) in [6.45, 7) is 0.